The molecule has 2 aromatic rings. The quantitative estimate of drug-likeness (QED) is 0.935. The van der Waals surface area contributed by atoms with Gasteiger partial charge in [0, 0.05) is 50.3 Å². The van der Waals surface area contributed by atoms with Crippen LogP contribution in [0, 0.1) is 6.92 Å². The highest BCUT2D eigenvalue weighted by Gasteiger charge is 2.17. The smallest absolute Gasteiger partial charge is 0.227 e. The van der Waals surface area contributed by atoms with Gasteiger partial charge in [0.15, 0.2) is 0 Å². The summed E-state index contributed by atoms with van der Waals surface area (Å²) in [6.45, 7) is 6.14. The van der Waals surface area contributed by atoms with Gasteiger partial charge in [0.1, 0.15) is 5.75 Å². The van der Waals surface area contributed by atoms with Crippen molar-refractivity contribution in [2.45, 2.75) is 6.92 Å². The lowest BCUT2D eigenvalue weighted by Crippen LogP contribution is -2.44. The van der Waals surface area contributed by atoms with Crippen molar-refractivity contribution >= 4 is 17.3 Å². The van der Waals surface area contributed by atoms with Gasteiger partial charge < -0.3 is 19.9 Å². The Kier molecular flexibility index (Phi) is 4.62. The molecule has 1 fully saturated rings. The zero-order valence-corrected chi connectivity index (χ0v) is 13.9. The van der Waals surface area contributed by atoms with Crippen molar-refractivity contribution in [2.75, 3.05) is 50.6 Å². The molecule has 0 amide bonds. The van der Waals surface area contributed by atoms with Gasteiger partial charge in [-0.25, -0.2) is 9.97 Å². The summed E-state index contributed by atoms with van der Waals surface area (Å²) in [4.78, 5) is 13.2. The van der Waals surface area contributed by atoms with E-state index in [0.29, 0.717) is 5.95 Å². The van der Waals surface area contributed by atoms with Crippen molar-refractivity contribution in [3.05, 3.63) is 36.2 Å². The fourth-order valence-corrected chi connectivity index (χ4v) is 2.65. The lowest BCUT2D eigenvalue weighted by atomic mass is 10.2. The van der Waals surface area contributed by atoms with E-state index in [4.69, 9.17) is 4.74 Å². The number of likely N-dealkylation sites (N-methyl/N-ethyl adjacent to an activating group) is 1. The maximum atomic E-state index is 5.59. The van der Waals surface area contributed by atoms with E-state index in [1.165, 1.54) is 0 Å². The normalized spacial score (nSPS) is 15.5. The average Bonchev–Trinajstić information content (AvgIpc) is 2.58. The van der Waals surface area contributed by atoms with E-state index >= 15 is 0 Å². The maximum Gasteiger partial charge on any atom is 0.227 e. The number of ether oxygens (including phenoxy) is 1. The molecule has 6 nitrogen and oxygen atoms in total. The molecule has 23 heavy (non-hydrogen) atoms. The Balaban J connectivity index is 1.77. The fraction of sp³-hybridized carbons (Fsp3) is 0.412. The summed E-state index contributed by atoms with van der Waals surface area (Å²) in [6.07, 6.45) is 3.59. The average molecular weight is 313 g/mol. The van der Waals surface area contributed by atoms with Gasteiger partial charge in [-0.15, -0.1) is 0 Å². The molecule has 1 aliphatic rings. The summed E-state index contributed by atoms with van der Waals surface area (Å²) in [5.74, 6) is 1.46. The van der Waals surface area contributed by atoms with Crippen molar-refractivity contribution in [3.8, 4) is 5.75 Å². The summed E-state index contributed by atoms with van der Waals surface area (Å²) in [5, 5.41) is 3.21. The second-order valence-corrected chi connectivity index (χ2v) is 5.89. The van der Waals surface area contributed by atoms with Crippen molar-refractivity contribution in [2.24, 2.45) is 0 Å². The number of nitrogens with zero attached hydrogens (tertiary/aromatic N) is 4. The SMILES string of the molecule is COc1cc(Nc2ncc(C)cn2)ccc1N1CCN(C)CC1. The molecule has 0 atom stereocenters. The zero-order valence-electron chi connectivity index (χ0n) is 13.9. The minimum atomic E-state index is 0.588. The number of methoxy groups -OCH3 is 1. The van der Waals surface area contributed by atoms with Crippen LogP contribution in [0.3, 0.4) is 0 Å². The van der Waals surface area contributed by atoms with Gasteiger partial charge in [-0.05, 0) is 31.7 Å². The molecule has 0 spiro atoms. The van der Waals surface area contributed by atoms with Crippen LogP contribution in [-0.2, 0) is 0 Å². The summed E-state index contributed by atoms with van der Waals surface area (Å²) in [7, 11) is 3.87. The van der Waals surface area contributed by atoms with Crippen LogP contribution in [0.4, 0.5) is 17.3 Å². The van der Waals surface area contributed by atoms with E-state index in [1.54, 1.807) is 19.5 Å². The van der Waals surface area contributed by atoms with Crippen LogP contribution in [0.25, 0.3) is 0 Å². The first-order chi connectivity index (χ1) is 11.2. The lowest BCUT2D eigenvalue weighted by Gasteiger charge is -2.34. The fourth-order valence-electron chi connectivity index (χ4n) is 2.65. The lowest BCUT2D eigenvalue weighted by molar-refractivity contribution is 0.311. The minimum absolute atomic E-state index is 0.588. The van der Waals surface area contributed by atoms with Gasteiger partial charge in [-0.2, -0.15) is 0 Å². The monoisotopic (exact) mass is 313 g/mol. The Labute approximate surface area is 137 Å². The highest BCUT2D eigenvalue weighted by atomic mass is 16.5. The number of aryl methyl sites for hydroxylation is 1. The molecule has 1 aromatic heterocycles. The van der Waals surface area contributed by atoms with Gasteiger partial charge in [0.2, 0.25) is 5.95 Å². The molecular formula is C17H23N5O. The first kappa shape index (κ1) is 15.6. The Bertz CT molecular complexity index is 651. The van der Waals surface area contributed by atoms with Crippen LogP contribution in [0.1, 0.15) is 5.56 Å². The Morgan fingerprint density at radius 2 is 1.78 bits per heavy atom. The van der Waals surface area contributed by atoms with Crippen LogP contribution in [0.5, 0.6) is 5.75 Å². The summed E-state index contributed by atoms with van der Waals surface area (Å²) >= 11 is 0. The summed E-state index contributed by atoms with van der Waals surface area (Å²) < 4.78 is 5.59. The van der Waals surface area contributed by atoms with Crippen LogP contribution >= 0.6 is 0 Å². The molecule has 1 N–H and O–H groups in total. The molecule has 1 aliphatic heterocycles. The summed E-state index contributed by atoms with van der Waals surface area (Å²) in [5.41, 5.74) is 3.10. The van der Waals surface area contributed by atoms with Crippen LogP contribution in [0.2, 0.25) is 0 Å². The number of nitrogens with one attached hydrogen (secondary N) is 1. The van der Waals surface area contributed by atoms with Gasteiger partial charge in [0.25, 0.3) is 0 Å². The molecule has 3 rings (SSSR count). The highest BCUT2D eigenvalue weighted by molar-refractivity contribution is 5.67. The Morgan fingerprint density at radius 3 is 2.43 bits per heavy atom. The second kappa shape index (κ2) is 6.83. The predicted molar refractivity (Wildman–Crippen MR) is 92.8 cm³/mol. The number of anilines is 3. The number of aromatic nitrogens is 2. The Morgan fingerprint density at radius 1 is 1.09 bits per heavy atom. The first-order valence-corrected chi connectivity index (χ1v) is 7.83. The molecule has 1 saturated heterocycles. The molecule has 1 aromatic carbocycles. The first-order valence-electron chi connectivity index (χ1n) is 7.83. The molecule has 122 valence electrons. The molecular weight excluding hydrogens is 290 g/mol. The van der Waals surface area contributed by atoms with Crippen molar-refractivity contribution in [1.82, 2.24) is 14.9 Å². The molecule has 2 heterocycles. The van der Waals surface area contributed by atoms with Crippen molar-refractivity contribution in [1.29, 1.82) is 0 Å². The zero-order chi connectivity index (χ0) is 16.2. The van der Waals surface area contributed by atoms with E-state index in [1.807, 2.05) is 19.1 Å². The third-order valence-corrected chi connectivity index (χ3v) is 4.06. The van der Waals surface area contributed by atoms with E-state index in [2.05, 4.69) is 38.2 Å². The number of rotatable bonds is 4. The standard InChI is InChI=1S/C17H23N5O/c1-13-11-18-17(19-12-13)20-14-4-5-15(16(10-14)23-3)22-8-6-21(2)7-9-22/h4-5,10-12H,6-9H2,1-3H3,(H,18,19,20). The minimum Gasteiger partial charge on any atom is -0.495 e. The molecule has 0 radical (unpaired) electrons. The number of hydrogen-bond donors (Lipinski definition) is 1. The molecule has 0 bridgehead atoms. The van der Waals surface area contributed by atoms with E-state index in [-0.39, 0.29) is 0 Å². The third kappa shape index (κ3) is 3.71. The molecule has 0 aliphatic carbocycles. The maximum absolute atomic E-state index is 5.59. The summed E-state index contributed by atoms with van der Waals surface area (Å²) in [6, 6.07) is 6.14. The van der Waals surface area contributed by atoms with Gasteiger partial charge >= 0.3 is 0 Å². The predicted octanol–water partition coefficient (Wildman–Crippen LogP) is 2.29. The van der Waals surface area contributed by atoms with Gasteiger partial charge in [0.05, 0.1) is 12.8 Å². The highest BCUT2D eigenvalue weighted by Crippen LogP contribution is 2.32. The van der Waals surface area contributed by atoms with E-state index in [0.717, 1.165) is 48.9 Å². The van der Waals surface area contributed by atoms with Crippen LogP contribution in [0.15, 0.2) is 30.6 Å². The van der Waals surface area contributed by atoms with Gasteiger partial charge in [-0.1, -0.05) is 0 Å². The van der Waals surface area contributed by atoms with E-state index < -0.39 is 0 Å². The second-order valence-electron chi connectivity index (χ2n) is 5.89. The van der Waals surface area contributed by atoms with Gasteiger partial charge in [-0.3, -0.25) is 0 Å². The van der Waals surface area contributed by atoms with Crippen LogP contribution in [-0.4, -0.2) is 55.2 Å². The number of hydrogen-bond acceptors (Lipinski definition) is 6. The third-order valence-electron chi connectivity index (χ3n) is 4.06. The van der Waals surface area contributed by atoms with Crippen LogP contribution < -0.4 is 15.0 Å². The molecule has 0 unspecified atom stereocenters. The van der Waals surface area contributed by atoms with E-state index in [9.17, 15) is 0 Å². The Hall–Kier alpha value is -2.34. The largest absolute Gasteiger partial charge is 0.495 e. The number of benzene rings is 1. The number of piperazine rings is 1. The molecule has 0 saturated carbocycles. The topological polar surface area (TPSA) is 53.5 Å². The van der Waals surface area contributed by atoms with Crippen molar-refractivity contribution in [3.63, 3.8) is 0 Å². The molecule has 6 heteroatoms. The van der Waals surface area contributed by atoms with Crippen molar-refractivity contribution < 1.29 is 4.74 Å².